The van der Waals surface area contributed by atoms with Gasteiger partial charge in [-0.25, -0.2) is 9.97 Å². The highest BCUT2D eigenvalue weighted by Gasteiger charge is 2.22. The van der Waals surface area contributed by atoms with Crippen molar-refractivity contribution in [1.29, 1.82) is 0 Å². The van der Waals surface area contributed by atoms with Gasteiger partial charge in [-0.1, -0.05) is 23.8 Å². The van der Waals surface area contributed by atoms with E-state index in [0.29, 0.717) is 0 Å². The summed E-state index contributed by atoms with van der Waals surface area (Å²) < 4.78 is 2.34. The first-order valence-electron chi connectivity index (χ1n) is 10.4. The van der Waals surface area contributed by atoms with Crippen LogP contribution in [0.15, 0.2) is 36.5 Å². The summed E-state index contributed by atoms with van der Waals surface area (Å²) in [4.78, 5) is 11.9. The van der Waals surface area contributed by atoms with E-state index in [9.17, 15) is 0 Å². The fourth-order valence-corrected chi connectivity index (χ4v) is 4.83. The van der Waals surface area contributed by atoms with Crippen LogP contribution in [0.2, 0.25) is 0 Å². The van der Waals surface area contributed by atoms with E-state index in [0.717, 1.165) is 43.0 Å². The van der Waals surface area contributed by atoms with Crippen molar-refractivity contribution in [2.75, 3.05) is 31.1 Å². The summed E-state index contributed by atoms with van der Waals surface area (Å²) in [6.45, 7) is 12.6. The second-order valence-electron chi connectivity index (χ2n) is 8.15. The van der Waals surface area contributed by atoms with Gasteiger partial charge in [0, 0.05) is 48.8 Å². The van der Waals surface area contributed by atoms with Gasteiger partial charge in [-0.3, -0.25) is 4.57 Å². The molecule has 1 aliphatic heterocycles. The minimum absolute atomic E-state index is 0.799. The standard InChI is InChI=1S/C24H27N5/c1-15-12-16(2)23(17(3)13-15)29-21-7-5-6-20(28-10-8-25-9-11-28)22(21)19-14-26-18(4)27-24(19)29/h5-7,12-14,25H,8-11H2,1-4H3. The van der Waals surface area contributed by atoms with Crippen molar-refractivity contribution in [1.82, 2.24) is 19.9 Å². The zero-order valence-electron chi connectivity index (χ0n) is 17.6. The van der Waals surface area contributed by atoms with Crippen LogP contribution in [0.5, 0.6) is 0 Å². The van der Waals surface area contributed by atoms with Gasteiger partial charge >= 0.3 is 0 Å². The minimum atomic E-state index is 0.799. The van der Waals surface area contributed by atoms with Gasteiger partial charge < -0.3 is 10.2 Å². The molecule has 3 heterocycles. The van der Waals surface area contributed by atoms with Crippen LogP contribution in [0.25, 0.3) is 27.6 Å². The van der Waals surface area contributed by atoms with E-state index in [1.165, 1.54) is 39.0 Å². The molecule has 5 heteroatoms. The molecule has 0 amide bonds. The molecule has 0 aliphatic carbocycles. The number of benzene rings is 2. The number of anilines is 1. The van der Waals surface area contributed by atoms with Crippen LogP contribution in [-0.2, 0) is 0 Å². The lowest BCUT2D eigenvalue weighted by molar-refractivity contribution is 0.590. The molecule has 0 unspecified atom stereocenters. The van der Waals surface area contributed by atoms with Gasteiger partial charge in [0.05, 0.1) is 11.2 Å². The topological polar surface area (TPSA) is 46.0 Å². The van der Waals surface area contributed by atoms with E-state index in [-0.39, 0.29) is 0 Å². The summed E-state index contributed by atoms with van der Waals surface area (Å²) in [6, 6.07) is 11.2. The normalized spacial score (nSPS) is 14.8. The predicted molar refractivity (Wildman–Crippen MR) is 120 cm³/mol. The number of hydrogen-bond donors (Lipinski definition) is 1. The van der Waals surface area contributed by atoms with Gasteiger partial charge in [0.15, 0.2) is 0 Å². The molecule has 1 saturated heterocycles. The first-order valence-corrected chi connectivity index (χ1v) is 10.4. The number of rotatable bonds is 2. The Labute approximate surface area is 171 Å². The maximum absolute atomic E-state index is 4.90. The summed E-state index contributed by atoms with van der Waals surface area (Å²) >= 11 is 0. The highest BCUT2D eigenvalue weighted by Crippen LogP contribution is 2.38. The summed E-state index contributed by atoms with van der Waals surface area (Å²) in [7, 11) is 0. The Morgan fingerprint density at radius 2 is 1.69 bits per heavy atom. The van der Waals surface area contributed by atoms with Gasteiger partial charge in [0.25, 0.3) is 0 Å². The minimum Gasteiger partial charge on any atom is -0.368 e. The summed E-state index contributed by atoms with van der Waals surface area (Å²) in [5.74, 6) is 0.799. The number of nitrogens with zero attached hydrogens (tertiary/aromatic N) is 4. The average Bonchev–Trinajstić information content (AvgIpc) is 3.01. The van der Waals surface area contributed by atoms with Crippen LogP contribution >= 0.6 is 0 Å². The Balaban J connectivity index is 1.90. The molecule has 148 valence electrons. The van der Waals surface area contributed by atoms with E-state index in [4.69, 9.17) is 4.98 Å². The average molecular weight is 386 g/mol. The molecule has 5 nitrogen and oxygen atoms in total. The van der Waals surface area contributed by atoms with Crippen molar-refractivity contribution in [3.05, 3.63) is 59.0 Å². The molecular formula is C24H27N5. The van der Waals surface area contributed by atoms with Crippen molar-refractivity contribution in [3.63, 3.8) is 0 Å². The SMILES string of the molecule is Cc1cc(C)c(-n2c3cccc(N4CCNCC4)c3c3cnc(C)nc32)c(C)c1. The third-order valence-corrected chi connectivity index (χ3v) is 5.95. The fraction of sp³-hybridized carbons (Fsp3) is 0.333. The van der Waals surface area contributed by atoms with Crippen molar-refractivity contribution >= 4 is 27.6 Å². The highest BCUT2D eigenvalue weighted by atomic mass is 15.2. The first-order chi connectivity index (χ1) is 14.0. The van der Waals surface area contributed by atoms with Crippen LogP contribution in [0, 0.1) is 27.7 Å². The van der Waals surface area contributed by atoms with Crippen molar-refractivity contribution < 1.29 is 0 Å². The van der Waals surface area contributed by atoms with Crippen LogP contribution in [0.4, 0.5) is 5.69 Å². The van der Waals surface area contributed by atoms with E-state index in [1.807, 2.05) is 13.1 Å². The maximum Gasteiger partial charge on any atom is 0.149 e. The van der Waals surface area contributed by atoms with Crippen molar-refractivity contribution in [2.24, 2.45) is 0 Å². The molecular weight excluding hydrogens is 358 g/mol. The maximum atomic E-state index is 4.90. The van der Waals surface area contributed by atoms with Crippen LogP contribution in [-0.4, -0.2) is 40.7 Å². The molecule has 29 heavy (non-hydrogen) atoms. The lowest BCUT2D eigenvalue weighted by Gasteiger charge is -2.30. The second kappa shape index (κ2) is 6.85. The lowest BCUT2D eigenvalue weighted by Crippen LogP contribution is -2.43. The second-order valence-corrected chi connectivity index (χ2v) is 8.15. The highest BCUT2D eigenvalue weighted by molar-refractivity contribution is 6.14. The summed E-state index contributed by atoms with van der Waals surface area (Å²) in [6.07, 6.45) is 2.00. The number of piperazine rings is 1. The van der Waals surface area contributed by atoms with Gasteiger partial charge in [-0.05, 0) is 51.0 Å². The zero-order chi connectivity index (χ0) is 20.1. The largest absolute Gasteiger partial charge is 0.368 e. The Bertz CT molecular complexity index is 1210. The molecule has 0 saturated carbocycles. The monoisotopic (exact) mass is 385 g/mol. The third-order valence-electron chi connectivity index (χ3n) is 5.95. The van der Waals surface area contributed by atoms with Crippen LogP contribution < -0.4 is 10.2 Å². The van der Waals surface area contributed by atoms with Crippen molar-refractivity contribution in [2.45, 2.75) is 27.7 Å². The molecule has 0 spiro atoms. The smallest absolute Gasteiger partial charge is 0.149 e. The molecule has 1 N–H and O–H groups in total. The summed E-state index contributed by atoms with van der Waals surface area (Å²) in [5, 5.41) is 5.83. The quantitative estimate of drug-likeness (QED) is 0.561. The molecule has 0 bridgehead atoms. The molecule has 0 radical (unpaired) electrons. The Morgan fingerprint density at radius 3 is 2.41 bits per heavy atom. The number of hydrogen-bond acceptors (Lipinski definition) is 4. The molecule has 0 atom stereocenters. The van der Waals surface area contributed by atoms with E-state index >= 15 is 0 Å². The number of nitrogens with one attached hydrogen (secondary N) is 1. The first kappa shape index (κ1) is 18.1. The molecule has 1 aliphatic rings. The Hall–Kier alpha value is -2.92. The molecule has 5 rings (SSSR count). The van der Waals surface area contributed by atoms with Gasteiger partial charge in [0.1, 0.15) is 11.5 Å². The Kier molecular flexibility index (Phi) is 4.28. The summed E-state index contributed by atoms with van der Waals surface area (Å²) in [5.41, 5.74) is 8.53. The molecule has 2 aromatic heterocycles. The number of aromatic nitrogens is 3. The van der Waals surface area contributed by atoms with E-state index in [1.54, 1.807) is 0 Å². The fourth-order valence-electron chi connectivity index (χ4n) is 4.83. The molecule has 4 aromatic rings. The molecule has 1 fully saturated rings. The van der Waals surface area contributed by atoms with Gasteiger partial charge in [-0.2, -0.15) is 0 Å². The van der Waals surface area contributed by atoms with E-state index < -0.39 is 0 Å². The Morgan fingerprint density at radius 1 is 0.966 bits per heavy atom. The van der Waals surface area contributed by atoms with Crippen molar-refractivity contribution in [3.8, 4) is 5.69 Å². The van der Waals surface area contributed by atoms with E-state index in [2.05, 4.69) is 70.9 Å². The molecule has 2 aromatic carbocycles. The number of fused-ring (bicyclic) bond motifs is 3. The van der Waals surface area contributed by atoms with Gasteiger partial charge in [0.2, 0.25) is 0 Å². The number of aryl methyl sites for hydroxylation is 4. The van der Waals surface area contributed by atoms with Gasteiger partial charge in [-0.15, -0.1) is 0 Å². The third kappa shape index (κ3) is 2.88. The zero-order valence-corrected chi connectivity index (χ0v) is 17.6. The van der Waals surface area contributed by atoms with Crippen LogP contribution in [0.1, 0.15) is 22.5 Å². The predicted octanol–water partition coefficient (Wildman–Crippen LogP) is 4.22. The van der Waals surface area contributed by atoms with Crippen LogP contribution in [0.3, 0.4) is 0 Å². The lowest BCUT2D eigenvalue weighted by atomic mass is 10.0.